The third-order valence-corrected chi connectivity index (χ3v) is 3.77. The number of rotatable bonds is 10. The summed E-state index contributed by atoms with van der Waals surface area (Å²) >= 11 is 0. The van der Waals surface area contributed by atoms with Gasteiger partial charge in [-0.3, -0.25) is 0 Å². The van der Waals surface area contributed by atoms with Crippen LogP contribution in [0.1, 0.15) is 13.8 Å². The van der Waals surface area contributed by atoms with Crippen molar-refractivity contribution in [3.05, 3.63) is 54.6 Å². The van der Waals surface area contributed by atoms with Crippen molar-refractivity contribution in [3.63, 3.8) is 0 Å². The van der Waals surface area contributed by atoms with Crippen LogP contribution in [0.25, 0.3) is 10.8 Å². The highest BCUT2D eigenvalue weighted by Gasteiger charge is 2.14. The van der Waals surface area contributed by atoms with Gasteiger partial charge in [-0.05, 0) is 13.8 Å². The van der Waals surface area contributed by atoms with E-state index in [1.54, 1.807) is 26.0 Å². The maximum atomic E-state index is 11.4. The summed E-state index contributed by atoms with van der Waals surface area (Å²) in [7, 11) is 0. The molecule has 0 aliphatic carbocycles. The molecule has 0 radical (unpaired) electrons. The van der Waals surface area contributed by atoms with E-state index in [0.717, 1.165) is 0 Å². The van der Waals surface area contributed by atoms with E-state index in [1.165, 1.54) is 6.07 Å². The van der Waals surface area contributed by atoms with Crippen molar-refractivity contribution < 1.29 is 33.6 Å². The molecule has 2 rings (SSSR count). The van der Waals surface area contributed by atoms with Gasteiger partial charge in [0, 0.05) is 28.0 Å². The Balaban J connectivity index is 2.07. The van der Waals surface area contributed by atoms with E-state index in [2.05, 4.69) is 13.2 Å². The summed E-state index contributed by atoms with van der Waals surface area (Å²) in [5.74, 6) is -0.432. The van der Waals surface area contributed by atoms with Gasteiger partial charge in [0.25, 0.3) is 0 Å². The van der Waals surface area contributed by atoms with Gasteiger partial charge in [0.05, 0.1) is 0 Å². The molecule has 7 heteroatoms. The van der Waals surface area contributed by atoms with Crippen molar-refractivity contribution in [2.45, 2.75) is 13.8 Å². The van der Waals surface area contributed by atoms with Crippen molar-refractivity contribution in [3.8, 4) is 17.2 Å². The van der Waals surface area contributed by atoms with E-state index in [0.29, 0.717) is 27.7 Å². The predicted molar refractivity (Wildman–Crippen MR) is 108 cm³/mol. The first-order chi connectivity index (χ1) is 13.8. The minimum absolute atomic E-state index is 0.0196. The van der Waals surface area contributed by atoms with Crippen LogP contribution in [-0.4, -0.2) is 43.5 Å². The van der Waals surface area contributed by atoms with Gasteiger partial charge in [0.2, 0.25) is 0 Å². The third kappa shape index (κ3) is 6.00. The molecule has 0 aromatic heterocycles. The number of esters is 2. The molecule has 0 spiro atoms. The van der Waals surface area contributed by atoms with Gasteiger partial charge < -0.3 is 24.1 Å². The Kier molecular flexibility index (Phi) is 7.65. The Bertz CT molecular complexity index is 930. The van der Waals surface area contributed by atoms with Gasteiger partial charge in [-0.25, -0.2) is 9.59 Å². The molecule has 0 bridgehead atoms. The minimum atomic E-state index is -0.501. The van der Waals surface area contributed by atoms with E-state index in [4.69, 9.17) is 18.9 Å². The molecule has 0 unspecified atom stereocenters. The Morgan fingerprint density at radius 3 is 1.93 bits per heavy atom. The third-order valence-electron chi connectivity index (χ3n) is 3.77. The quantitative estimate of drug-likeness (QED) is 0.370. The zero-order valence-corrected chi connectivity index (χ0v) is 16.5. The second kappa shape index (κ2) is 10.2. The monoisotopic (exact) mass is 400 g/mol. The van der Waals surface area contributed by atoms with Gasteiger partial charge in [0.15, 0.2) is 11.5 Å². The van der Waals surface area contributed by atoms with E-state index < -0.39 is 11.9 Å². The highest BCUT2D eigenvalue weighted by Crippen LogP contribution is 2.40. The first-order valence-corrected chi connectivity index (χ1v) is 8.96. The fourth-order valence-corrected chi connectivity index (χ4v) is 2.38. The summed E-state index contributed by atoms with van der Waals surface area (Å²) in [5.41, 5.74) is 0.609. The molecular weight excluding hydrogens is 376 g/mol. The highest BCUT2D eigenvalue weighted by atomic mass is 16.6. The van der Waals surface area contributed by atoms with E-state index in [1.807, 2.05) is 12.1 Å². The van der Waals surface area contributed by atoms with Crippen molar-refractivity contribution in [2.24, 2.45) is 0 Å². The van der Waals surface area contributed by atoms with Crippen LogP contribution in [-0.2, 0) is 19.1 Å². The average molecular weight is 400 g/mol. The molecule has 0 atom stereocenters. The summed E-state index contributed by atoms with van der Waals surface area (Å²) in [6.45, 7) is 10.4. The number of carbonyl (C=O) groups excluding carboxylic acids is 2. The van der Waals surface area contributed by atoms with Gasteiger partial charge in [0.1, 0.15) is 32.2 Å². The molecule has 0 saturated heterocycles. The lowest BCUT2D eigenvalue weighted by Gasteiger charge is -2.15. The lowest BCUT2D eigenvalue weighted by Crippen LogP contribution is -2.13. The number of benzene rings is 2. The van der Waals surface area contributed by atoms with Crippen LogP contribution in [0.5, 0.6) is 17.2 Å². The normalized spacial score (nSPS) is 10.3. The van der Waals surface area contributed by atoms with Crippen molar-refractivity contribution >= 4 is 22.7 Å². The van der Waals surface area contributed by atoms with Crippen LogP contribution in [0.15, 0.2) is 54.6 Å². The number of fused-ring (bicyclic) bond motifs is 1. The van der Waals surface area contributed by atoms with Gasteiger partial charge in [-0.15, -0.1) is 0 Å². The van der Waals surface area contributed by atoms with Gasteiger partial charge >= 0.3 is 11.9 Å². The summed E-state index contributed by atoms with van der Waals surface area (Å²) < 4.78 is 21.3. The Labute approximate surface area is 169 Å². The van der Waals surface area contributed by atoms with Crippen molar-refractivity contribution in [2.75, 3.05) is 26.4 Å². The average Bonchev–Trinajstić information content (AvgIpc) is 2.69. The fraction of sp³-hybridized carbons (Fsp3) is 0.273. The zero-order chi connectivity index (χ0) is 21.4. The van der Waals surface area contributed by atoms with Crippen LogP contribution >= 0.6 is 0 Å². The van der Waals surface area contributed by atoms with Crippen molar-refractivity contribution in [1.82, 2.24) is 0 Å². The van der Waals surface area contributed by atoms with Gasteiger partial charge in [-0.1, -0.05) is 37.4 Å². The van der Waals surface area contributed by atoms with E-state index >= 15 is 0 Å². The molecular formula is C22H24O7. The molecule has 29 heavy (non-hydrogen) atoms. The highest BCUT2D eigenvalue weighted by molar-refractivity contribution is 5.95. The lowest BCUT2D eigenvalue weighted by molar-refractivity contribution is -0.140. The molecule has 0 aliphatic rings. The zero-order valence-electron chi connectivity index (χ0n) is 16.5. The SMILES string of the molecule is C=C(C)C(=O)OCCOc1cc(O)c(OCCOC(=O)C(=C)C)c2ccccc12. The largest absolute Gasteiger partial charge is 0.504 e. The number of carbonyl (C=O) groups is 2. The molecule has 0 amide bonds. The molecule has 0 heterocycles. The topological polar surface area (TPSA) is 91.3 Å². The number of phenolic OH excluding ortho intramolecular Hbond substituents is 1. The molecule has 1 N–H and O–H groups in total. The van der Waals surface area contributed by atoms with Crippen LogP contribution in [0.4, 0.5) is 0 Å². The lowest BCUT2D eigenvalue weighted by atomic mass is 10.1. The molecule has 0 aliphatic heterocycles. The first-order valence-electron chi connectivity index (χ1n) is 8.96. The molecule has 7 nitrogen and oxygen atoms in total. The molecule has 2 aromatic carbocycles. The maximum absolute atomic E-state index is 11.4. The van der Waals surface area contributed by atoms with Gasteiger partial charge in [-0.2, -0.15) is 0 Å². The smallest absolute Gasteiger partial charge is 0.333 e. The van der Waals surface area contributed by atoms with E-state index in [9.17, 15) is 14.7 Å². The molecule has 0 saturated carbocycles. The fourth-order valence-electron chi connectivity index (χ4n) is 2.38. The van der Waals surface area contributed by atoms with E-state index in [-0.39, 0.29) is 37.9 Å². The second-order valence-electron chi connectivity index (χ2n) is 6.30. The molecule has 2 aromatic rings. The Morgan fingerprint density at radius 1 is 0.862 bits per heavy atom. The summed E-state index contributed by atoms with van der Waals surface area (Å²) in [6, 6.07) is 8.65. The summed E-state index contributed by atoms with van der Waals surface area (Å²) in [5, 5.41) is 11.7. The van der Waals surface area contributed by atoms with Crippen LogP contribution in [0, 0.1) is 0 Å². The first kappa shape index (κ1) is 21.8. The number of aromatic hydroxyl groups is 1. The maximum Gasteiger partial charge on any atom is 0.333 e. The standard InChI is InChI=1S/C22H24O7/c1-14(2)21(24)28-11-9-26-19-13-18(23)20(17-8-6-5-7-16(17)19)27-10-12-29-22(25)15(3)4/h5-8,13,23H,1,3,9-12H2,2,4H3. The molecule has 154 valence electrons. The Hall–Kier alpha value is -3.48. The second-order valence-corrected chi connectivity index (χ2v) is 6.30. The number of hydrogen-bond acceptors (Lipinski definition) is 7. The van der Waals surface area contributed by atoms with Crippen molar-refractivity contribution in [1.29, 1.82) is 0 Å². The summed E-state index contributed by atoms with van der Waals surface area (Å²) in [4.78, 5) is 22.8. The van der Waals surface area contributed by atoms with Crippen LogP contribution in [0.3, 0.4) is 0 Å². The number of phenols is 1. The summed E-state index contributed by atoms with van der Waals surface area (Å²) in [6.07, 6.45) is 0. The number of hydrogen-bond donors (Lipinski definition) is 1. The minimum Gasteiger partial charge on any atom is -0.504 e. The number of ether oxygens (including phenoxy) is 4. The van der Waals surface area contributed by atoms with Crippen LogP contribution in [0.2, 0.25) is 0 Å². The van der Waals surface area contributed by atoms with Crippen LogP contribution < -0.4 is 9.47 Å². The predicted octanol–water partition coefficient (Wildman–Crippen LogP) is 3.54. The Morgan fingerprint density at radius 2 is 1.38 bits per heavy atom. The molecule has 0 fully saturated rings.